The van der Waals surface area contributed by atoms with E-state index < -0.39 is 0 Å². The lowest BCUT2D eigenvalue weighted by atomic mass is 9.94. The molecule has 0 saturated heterocycles. The van der Waals surface area contributed by atoms with Crippen molar-refractivity contribution in [2.75, 3.05) is 5.32 Å². The molecule has 2 aromatic carbocycles. The van der Waals surface area contributed by atoms with Crippen LogP contribution >= 0.6 is 11.3 Å². The Morgan fingerprint density at radius 2 is 1.88 bits per heavy atom. The van der Waals surface area contributed by atoms with E-state index in [0.29, 0.717) is 10.7 Å². The number of hydrogen-bond acceptors (Lipinski definition) is 4. The van der Waals surface area contributed by atoms with Gasteiger partial charge in [-0.05, 0) is 56.5 Å². The van der Waals surface area contributed by atoms with Gasteiger partial charge in [-0.1, -0.05) is 24.3 Å². The fraction of sp³-hybridized carbons (Fsp3) is 0.238. The molecule has 1 heterocycles. The van der Waals surface area contributed by atoms with E-state index in [1.54, 1.807) is 23.5 Å². The van der Waals surface area contributed by atoms with Gasteiger partial charge in [-0.15, -0.1) is 11.3 Å². The molecule has 0 aliphatic heterocycles. The van der Waals surface area contributed by atoms with Crippen molar-refractivity contribution in [2.24, 2.45) is 0 Å². The molecule has 0 saturated carbocycles. The van der Waals surface area contributed by atoms with Crippen LogP contribution in [0.15, 0.2) is 48.5 Å². The summed E-state index contributed by atoms with van der Waals surface area (Å²) in [6.07, 6.45) is 2.11. The van der Waals surface area contributed by atoms with E-state index in [9.17, 15) is 4.79 Å². The molecule has 1 aromatic heterocycles. The van der Waals surface area contributed by atoms with Gasteiger partial charge < -0.3 is 4.74 Å². The number of nitrogens with one attached hydrogen (secondary N) is 1. The fourth-order valence-electron chi connectivity index (χ4n) is 3.13. The first-order valence-electron chi connectivity index (χ1n) is 8.76. The number of carbonyl (C=O) groups is 1. The number of aromatic nitrogens is 1. The summed E-state index contributed by atoms with van der Waals surface area (Å²) in [6.45, 7) is 3.95. The van der Waals surface area contributed by atoms with Crippen molar-refractivity contribution in [3.63, 3.8) is 0 Å². The zero-order chi connectivity index (χ0) is 18.1. The molecule has 26 heavy (non-hydrogen) atoms. The van der Waals surface area contributed by atoms with Crippen LogP contribution < -0.4 is 10.1 Å². The van der Waals surface area contributed by atoms with Crippen LogP contribution in [0.2, 0.25) is 0 Å². The molecule has 1 N–H and O–H groups in total. The summed E-state index contributed by atoms with van der Waals surface area (Å²) in [5, 5.41) is 3.59. The van der Waals surface area contributed by atoms with Gasteiger partial charge in [0.15, 0.2) is 5.13 Å². The van der Waals surface area contributed by atoms with E-state index in [0.717, 1.165) is 24.3 Å². The van der Waals surface area contributed by atoms with E-state index in [1.165, 1.54) is 16.0 Å². The minimum atomic E-state index is -0.152. The molecule has 0 spiro atoms. The van der Waals surface area contributed by atoms with Gasteiger partial charge in [-0.3, -0.25) is 10.1 Å². The standard InChI is InChI=1S/C21H20N2O2S/c1-13(2)25-16-10-7-15(8-11-16)20(24)23-21-22-19-17-6-4-3-5-14(17)9-12-18(19)26-21/h3-8,10-11,13H,9,12H2,1-2H3,(H,22,23,24). The van der Waals surface area contributed by atoms with Crippen molar-refractivity contribution in [1.29, 1.82) is 0 Å². The molecule has 0 fully saturated rings. The third-order valence-electron chi connectivity index (χ3n) is 4.30. The quantitative estimate of drug-likeness (QED) is 0.713. The average molecular weight is 364 g/mol. The third-order valence-corrected chi connectivity index (χ3v) is 5.33. The number of benzene rings is 2. The van der Waals surface area contributed by atoms with Gasteiger partial charge in [-0.25, -0.2) is 4.98 Å². The van der Waals surface area contributed by atoms with E-state index in [2.05, 4.69) is 28.5 Å². The Kier molecular flexibility index (Phi) is 4.47. The van der Waals surface area contributed by atoms with Crippen LogP contribution in [0, 0.1) is 0 Å². The highest BCUT2D eigenvalue weighted by molar-refractivity contribution is 7.16. The highest BCUT2D eigenvalue weighted by atomic mass is 32.1. The lowest BCUT2D eigenvalue weighted by molar-refractivity contribution is 0.102. The normalized spacial score (nSPS) is 12.4. The van der Waals surface area contributed by atoms with Crippen LogP contribution in [0.25, 0.3) is 11.3 Å². The summed E-state index contributed by atoms with van der Waals surface area (Å²) in [7, 11) is 0. The number of nitrogens with zero attached hydrogens (tertiary/aromatic N) is 1. The number of ether oxygens (including phenoxy) is 1. The first-order valence-corrected chi connectivity index (χ1v) is 9.58. The zero-order valence-corrected chi connectivity index (χ0v) is 15.6. The fourth-order valence-corrected chi connectivity index (χ4v) is 4.10. The molecular weight excluding hydrogens is 344 g/mol. The van der Waals surface area contributed by atoms with Crippen LogP contribution in [0.1, 0.15) is 34.6 Å². The maximum Gasteiger partial charge on any atom is 0.257 e. The zero-order valence-electron chi connectivity index (χ0n) is 14.8. The van der Waals surface area contributed by atoms with Crippen LogP contribution in [0.5, 0.6) is 5.75 Å². The van der Waals surface area contributed by atoms with Crippen molar-refractivity contribution in [2.45, 2.75) is 32.8 Å². The molecule has 0 unspecified atom stereocenters. The number of fused-ring (bicyclic) bond motifs is 3. The number of carbonyl (C=O) groups excluding carboxylic acids is 1. The molecule has 0 atom stereocenters. The third kappa shape index (κ3) is 3.35. The van der Waals surface area contributed by atoms with E-state index >= 15 is 0 Å². The number of hydrogen-bond donors (Lipinski definition) is 1. The maximum atomic E-state index is 12.5. The molecule has 1 aliphatic rings. The van der Waals surface area contributed by atoms with Crippen molar-refractivity contribution in [1.82, 2.24) is 4.98 Å². The lowest BCUT2D eigenvalue weighted by Gasteiger charge is -2.13. The Labute approximate surface area is 156 Å². The summed E-state index contributed by atoms with van der Waals surface area (Å²) in [5.74, 6) is 0.610. The highest BCUT2D eigenvalue weighted by Crippen LogP contribution is 2.38. The average Bonchev–Trinajstić information content (AvgIpc) is 3.04. The topological polar surface area (TPSA) is 51.2 Å². The minimum Gasteiger partial charge on any atom is -0.491 e. The second kappa shape index (κ2) is 6.92. The molecule has 4 nitrogen and oxygen atoms in total. The van der Waals surface area contributed by atoms with E-state index in [4.69, 9.17) is 4.74 Å². The predicted octanol–water partition coefficient (Wildman–Crippen LogP) is 4.95. The molecular formula is C21H20N2O2S. The molecule has 4 rings (SSSR count). The van der Waals surface area contributed by atoms with Gasteiger partial charge in [0.1, 0.15) is 5.75 Å². The van der Waals surface area contributed by atoms with Crippen molar-refractivity contribution in [3.8, 4) is 17.0 Å². The Hall–Kier alpha value is -2.66. The van der Waals surface area contributed by atoms with Gasteiger partial charge in [0.2, 0.25) is 0 Å². The predicted molar refractivity (Wildman–Crippen MR) is 105 cm³/mol. The SMILES string of the molecule is CC(C)Oc1ccc(C(=O)Nc2nc3c(s2)CCc2ccccc2-3)cc1. The summed E-state index contributed by atoms with van der Waals surface area (Å²) in [6, 6.07) is 15.5. The second-order valence-electron chi connectivity index (χ2n) is 6.59. The summed E-state index contributed by atoms with van der Waals surface area (Å²) < 4.78 is 5.61. The van der Waals surface area contributed by atoms with Crippen LogP contribution in [-0.4, -0.2) is 17.0 Å². The molecule has 132 valence electrons. The van der Waals surface area contributed by atoms with Gasteiger partial charge in [0, 0.05) is 16.0 Å². The van der Waals surface area contributed by atoms with E-state index in [1.807, 2.05) is 32.0 Å². The molecule has 3 aromatic rings. The maximum absolute atomic E-state index is 12.5. The largest absolute Gasteiger partial charge is 0.491 e. The van der Waals surface area contributed by atoms with Crippen LogP contribution in [-0.2, 0) is 12.8 Å². The Morgan fingerprint density at radius 1 is 1.12 bits per heavy atom. The van der Waals surface area contributed by atoms with Gasteiger partial charge in [0.25, 0.3) is 5.91 Å². The number of thiazole rings is 1. The van der Waals surface area contributed by atoms with E-state index in [-0.39, 0.29) is 12.0 Å². The lowest BCUT2D eigenvalue weighted by Crippen LogP contribution is -2.12. The minimum absolute atomic E-state index is 0.110. The smallest absolute Gasteiger partial charge is 0.257 e. The van der Waals surface area contributed by atoms with Crippen LogP contribution in [0.3, 0.4) is 0 Å². The summed E-state index contributed by atoms with van der Waals surface area (Å²) in [5.41, 5.74) is 4.10. The first kappa shape index (κ1) is 16.8. The molecule has 5 heteroatoms. The first-order chi connectivity index (χ1) is 12.6. The molecule has 1 aliphatic carbocycles. The van der Waals surface area contributed by atoms with Gasteiger partial charge >= 0.3 is 0 Å². The number of rotatable bonds is 4. The second-order valence-corrected chi connectivity index (χ2v) is 7.68. The number of aryl methyl sites for hydroxylation is 2. The molecule has 0 bridgehead atoms. The molecule has 1 amide bonds. The van der Waals surface area contributed by atoms with Gasteiger partial charge in [-0.2, -0.15) is 0 Å². The van der Waals surface area contributed by atoms with Crippen molar-refractivity contribution in [3.05, 3.63) is 64.5 Å². The van der Waals surface area contributed by atoms with Gasteiger partial charge in [0.05, 0.1) is 11.8 Å². The Morgan fingerprint density at radius 3 is 2.65 bits per heavy atom. The van der Waals surface area contributed by atoms with Crippen LogP contribution in [0.4, 0.5) is 5.13 Å². The monoisotopic (exact) mass is 364 g/mol. The Bertz CT molecular complexity index is 945. The molecule has 0 radical (unpaired) electrons. The number of amides is 1. The summed E-state index contributed by atoms with van der Waals surface area (Å²) >= 11 is 1.57. The highest BCUT2D eigenvalue weighted by Gasteiger charge is 2.21. The number of anilines is 1. The summed E-state index contributed by atoms with van der Waals surface area (Å²) in [4.78, 5) is 18.4. The van der Waals surface area contributed by atoms with Crippen molar-refractivity contribution >= 4 is 22.4 Å². The van der Waals surface area contributed by atoms with Crippen molar-refractivity contribution < 1.29 is 9.53 Å². The Balaban J connectivity index is 1.52.